The van der Waals surface area contributed by atoms with Gasteiger partial charge in [0, 0.05) is 22.6 Å². The smallest absolute Gasteiger partial charge is 0.339 e. The van der Waals surface area contributed by atoms with E-state index >= 15 is 0 Å². The van der Waals surface area contributed by atoms with Crippen molar-refractivity contribution in [2.75, 3.05) is 5.32 Å². The fourth-order valence-corrected chi connectivity index (χ4v) is 1.93. The van der Waals surface area contributed by atoms with Gasteiger partial charge in [0.2, 0.25) is 0 Å². The average Bonchev–Trinajstić information content (AvgIpc) is 2.85. The molecule has 2 heterocycles. The lowest BCUT2D eigenvalue weighted by atomic mass is 10.2. The van der Waals surface area contributed by atoms with Gasteiger partial charge in [0.15, 0.2) is 0 Å². The van der Waals surface area contributed by atoms with E-state index in [2.05, 4.69) is 31.2 Å². The molecule has 0 aliphatic rings. The number of hydrogen-bond acceptors (Lipinski definition) is 2. The van der Waals surface area contributed by atoms with E-state index in [-0.39, 0.29) is 11.3 Å². The molecular weight excluding hydrogens is 302 g/mol. The number of amides is 1. The van der Waals surface area contributed by atoms with Crippen LogP contribution in [0.5, 0.6) is 0 Å². The number of carbonyl (C=O) groups is 2. The molecule has 0 spiro atoms. The van der Waals surface area contributed by atoms with Gasteiger partial charge in [0.05, 0.1) is 5.69 Å². The summed E-state index contributed by atoms with van der Waals surface area (Å²) < 4.78 is 0.747. The zero-order chi connectivity index (χ0) is 13.3. The summed E-state index contributed by atoms with van der Waals surface area (Å²) in [5.41, 5.74) is 1.15. The van der Waals surface area contributed by atoms with Crippen molar-refractivity contribution in [3.8, 4) is 0 Å². The number of aryl methyl sites for hydroxylation is 1. The number of anilines is 1. The Morgan fingerprint density at radius 1 is 1.33 bits per heavy atom. The Morgan fingerprint density at radius 3 is 2.61 bits per heavy atom. The number of aromatic carboxylic acids is 1. The van der Waals surface area contributed by atoms with Gasteiger partial charge in [0.25, 0.3) is 5.91 Å². The van der Waals surface area contributed by atoms with Crippen LogP contribution in [0.3, 0.4) is 0 Å². The van der Waals surface area contributed by atoms with Crippen LogP contribution in [0, 0.1) is 6.92 Å². The fourth-order valence-electron chi connectivity index (χ4n) is 1.59. The average molecular weight is 312 g/mol. The van der Waals surface area contributed by atoms with Gasteiger partial charge in [-0.2, -0.15) is 0 Å². The molecule has 4 N–H and O–H groups in total. The minimum atomic E-state index is -1.09. The third-order valence-corrected chi connectivity index (χ3v) is 2.89. The number of nitrogens with one attached hydrogen (secondary N) is 3. The van der Waals surface area contributed by atoms with Crippen LogP contribution in [0.1, 0.15) is 26.5 Å². The Balaban J connectivity index is 2.25. The lowest BCUT2D eigenvalue weighted by Gasteiger charge is -2.03. The molecule has 0 aliphatic heterocycles. The van der Waals surface area contributed by atoms with E-state index in [1.54, 1.807) is 19.2 Å². The predicted octanol–water partition coefficient (Wildman–Crippen LogP) is 2.36. The van der Waals surface area contributed by atoms with Crippen molar-refractivity contribution in [2.45, 2.75) is 6.92 Å². The number of H-pyrrole nitrogens is 2. The van der Waals surface area contributed by atoms with Gasteiger partial charge in [-0.25, -0.2) is 4.79 Å². The molecule has 0 fully saturated rings. The highest BCUT2D eigenvalue weighted by Gasteiger charge is 2.18. The first-order valence-electron chi connectivity index (χ1n) is 5.05. The van der Waals surface area contributed by atoms with Gasteiger partial charge in [-0.05, 0) is 28.9 Å². The van der Waals surface area contributed by atoms with E-state index in [9.17, 15) is 9.59 Å². The summed E-state index contributed by atoms with van der Waals surface area (Å²) >= 11 is 3.22. The van der Waals surface area contributed by atoms with Crippen molar-refractivity contribution in [1.29, 1.82) is 0 Å². The quantitative estimate of drug-likeness (QED) is 0.700. The zero-order valence-corrected chi connectivity index (χ0v) is 11.0. The van der Waals surface area contributed by atoms with E-state index in [1.807, 2.05) is 0 Å². The molecule has 0 saturated heterocycles. The lowest BCUT2D eigenvalue weighted by molar-refractivity contribution is 0.0697. The molecule has 0 unspecified atom stereocenters. The van der Waals surface area contributed by atoms with Crippen molar-refractivity contribution in [1.82, 2.24) is 9.97 Å². The molecule has 6 nitrogen and oxygen atoms in total. The second-order valence-electron chi connectivity index (χ2n) is 3.69. The van der Waals surface area contributed by atoms with Crippen LogP contribution >= 0.6 is 15.9 Å². The van der Waals surface area contributed by atoms with Crippen LogP contribution < -0.4 is 5.32 Å². The SMILES string of the molecule is Cc1[nH]cc(NC(=O)c2cc(Br)c[nH]2)c1C(=O)O. The zero-order valence-electron chi connectivity index (χ0n) is 9.37. The summed E-state index contributed by atoms with van der Waals surface area (Å²) in [6.45, 7) is 1.63. The van der Waals surface area contributed by atoms with Gasteiger partial charge >= 0.3 is 5.97 Å². The second-order valence-corrected chi connectivity index (χ2v) is 4.61. The van der Waals surface area contributed by atoms with Crippen molar-refractivity contribution in [3.63, 3.8) is 0 Å². The minimum absolute atomic E-state index is 0.0639. The van der Waals surface area contributed by atoms with Crippen LogP contribution in [-0.2, 0) is 0 Å². The monoisotopic (exact) mass is 311 g/mol. The van der Waals surface area contributed by atoms with Crippen LogP contribution in [0.2, 0.25) is 0 Å². The Bertz CT molecular complexity index is 615. The van der Waals surface area contributed by atoms with E-state index < -0.39 is 11.9 Å². The Labute approximate surface area is 111 Å². The summed E-state index contributed by atoms with van der Waals surface area (Å²) in [4.78, 5) is 28.4. The molecule has 94 valence electrons. The number of rotatable bonds is 3. The van der Waals surface area contributed by atoms with E-state index in [0.29, 0.717) is 11.4 Å². The third-order valence-electron chi connectivity index (χ3n) is 2.43. The number of aromatic nitrogens is 2. The number of carboxylic acid groups (broad SMARTS) is 1. The number of halogens is 1. The number of carboxylic acids is 1. The highest BCUT2D eigenvalue weighted by Crippen LogP contribution is 2.20. The van der Waals surface area contributed by atoms with E-state index in [1.165, 1.54) is 6.20 Å². The summed E-state index contributed by atoms with van der Waals surface area (Å²) in [5, 5.41) is 11.6. The van der Waals surface area contributed by atoms with Crippen molar-refractivity contribution >= 4 is 33.5 Å². The van der Waals surface area contributed by atoms with E-state index in [4.69, 9.17) is 5.11 Å². The molecule has 0 radical (unpaired) electrons. The molecule has 2 aromatic rings. The van der Waals surface area contributed by atoms with Crippen LogP contribution in [0.15, 0.2) is 22.9 Å². The van der Waals surface area contributed by atoms with E-state index in [0.717, 1.165) is 4.47 Å². The first-order valence-corrected chi connectivity index (χ1v) is 5.85. The maximum absolute atomic E-state index is 11.8. The van der Waals surface area contributed by atoms with Gasteiger partial charge in [-0.3, -0.25) is 4.79 Å². The van der Waals surface area contributed by atoms with Crippen molar-refractivity contribution in [3.05, 3.63) is 39.9 Å². The molecule has 0 aliphatic carbocycles. The topological polar surface area (TPSA) is 98.0 Å². The van der Waals surface area contributed by atoms with Crippen molar-refractivity contribution in [2.24, 2.45) is 0 Å². The van der Waals surface area contributed by atoms with Crippen molar-refractivity contribution < 1.29 is 14.7 Å². The number of carbonyl (C=O) groups excluding carboxylic acids is 1. The third kappa shape index (κ3) is 2.30. The second kappa shape index (κ2) is 4.69. The molecule has 7 heteroatoms. The first kappa shape index (κ1) is 12.4. The Kier molecular flexibility index (Phi) is 3.24. The predicted molar refractivity (Wildman–Crippen MR) is 68.9 cm³/mol. The molecular formula is C11H10BrN3O3. The largest absolute Gasteiger partial charge is 0.478 e. The lowest BCUT2D eigenvalue weighted by Crippen LogP contribution is -2.14. The highest BCUT2D eigenvalue weighted by molar-refractivity contribution is 9.10. The summed E-state index contributed by atoms with van der Waals surface area (Å²) in [6, 6.07) is 1.61. The summed E-state index contributed by atoms with van der Waals surface area (Å²) in [6.07, 6.45) is 3.07. The van der Waals surface area contributed by atoms with Crippen LogP contribution in [0.25, 0.3) is 0 Å². The molecule has 0 atom stereocenters. The van der Waals surface area contributed by atoms with Gasteiger partial charge in [-0.15, -0.1) is 0 Å². The first-order chi connectivity index (χ1) is 8.49. The van der Waals surface area contributed by atoms with Gasteiger partial charge in [-0.1, -0.05) is 0 Å². The Morgan fingerprint density at radius 2 is 2.06 bits per heavy atom. The standard InChI is InChI=1S/C11H10BrN3O3/c1-5-9(11(17)18)8(4-13-5)15-10(16)7-2-6(12)3-14-7/h2-4,13-14H,1H3,(H,15,16)(H,17,18). The molecule has 1 amide bonds. The van der Waals surface area contributed by atoms with Gasteiger partial charge in [0.1, 0.15) is 11.3 Å². The molecule has 0 bridgehead atoms. The number of aromatic amines is 2. The van der Waals surface area contributed by atoms with Crippen LogP contribution in [0.4, 0.5) is 5.69 Å². The molecule has 0 aromatic carbocycles. The van der Waals surface area contributed by atoms with Crippen LogP contribution in [-0.4, -0.2) is 27.0 Å². The Hall–Kier alpha value is -2.02. The fraction of sp³-hybridized carbons (Fsp3) is 0.0909. The normalized spacial score (nSPS) is 10.3. The molecule has 18 heavy (non-hydrogen) atoms. The minimum Gasteiger partial charge on any atom is -0.478 e. The molecule has 2 aromatic heterocycles. The summed E-state index contributed by atoms with van der Waals surface area (Å²) in [5.74, 6) is -1.49. The maximum Gasteiger partial charge on any atom is 0.339 e. The number of hydrogen-bond donors (Lipinski definition) is 4. The van der Waals surface area contributed by atoms with Gasteiger partial charge < -0.3 is 20.4 Å². The highest BCUT2D eigenvalue weighted by atomic mass is 79.9. The maximum atomic E-state index is 11.8. The summed E-state index contributed by atoms with van der Waals surface area (Å²) in [7, 11) is 0. The molecule has 0 saturated carbocycles. The molecule has 2 rings (SSSR count).